The molecule has 29 heavy (non-hydrogen) atoms. The van der Waals surface area contributed by atoms with E-state index in [1.807, 2.05) is 0 Å². The Balaban J connectivity index is 1.64. The second-order valence-corrected chi connectivity index (χ2v) is 8.76. The smallest absolute Gasteiger partial charge is 0.212 e. The van der Waals surface area contributed by atoms with Crippen LogP contribution in [0.4, 0.5) is 11.4 Å². The van der Waals surface area contributed by atoms with Crippen LogP contribution >= 0.6 is 0 Å². The molecule has 0 aliphatic carbocycles. The van der Waals surface area contributed by atoms with Crippen molar-refractivity contribution in [1.29, 1.82) is 0 Å². The fourth-order valence-corrected chi connectivity index (χ4v) is 4.21. The molecule has 3 rings (SSSR count). The lowest BCUT2D eigenvalue weighted by molar-refractivity contribution is 0.484. The number of hydrogen-bond acceptors (Lipinski definition) is 3. The molecule has 3 nitrogen and oxygen atoms in total. The first-order valence-corrected chi connectivity index (χ1v) is 10.7. The Bertz CT molecular complexity index is 830. The van der Waals surface area contributed by atoms with Gasteiger partial charge in [-0.15, -0.1) is 0 Å². The summed E-state index contributed by atoms with van der Waals surface area (Å²) in [4.78, 5) is 4.25. The molecule has 0 saturated heterocycles. The molecule has 2 radical (unpaired) electrons. The molecule has 1 aliphatic heterocycles. The van der Waals surface area contributed by atoms with Crippen LogP contribution in [0.25, 0.3) is 0 Å². The highest BCUT2D eigenvalue weighted by molar-refractivity contribution is 5.64. The quantitative estimate of drug-likeness (QED) is 0.578. The number of benzene rings is 2. The van der Waals surface area contributed by atoms with Gasteiger partial charge in [0.05, 0.1) is 0 Å². The van der Waals surface area contributed by atoms with Crippen molar-refractivity contribution in [2.75, 3.05) is 23.3 Å². The molecule has 0 atom stereocenters. The van der Waals surface area contributed by atoms with Gasteiger partial charge in [0.15, 0.2) is 0 Å². The molecule has 0 spiro atoms. The van der Waals surface area contributed by atoms with Gasteiger partial charge in [0.25, 0.3) is 0 Å². The first-order valence-electron chi connectivity index (χ1n) is 10.7. The summed E-state index contributed by atoms with van der Waals surface area (Å²) in [5, 5.41) is 3.72. The normalized spacial score (nSPS) is 13.8. The number of nitrogens with zero attached hydrogens (tertiary/aromatic N) is 2. The molecule has 3 heteroatoms. The van der Waals surface area contributed by atoms with Crippen LogP contribution in [0.2, 0.25) is 0 Å². The topological polar surface area (TPSA) is 18.5 Å². The van der Waals surface area contributed by atoms with Gasteiger partial charge in [-0.3, -0.25) is 0 Å². The minimum Gasteiger partial charge on any atom is -0.383 e. The van der Waals surface area contributed by atoms with Crippen LogP contribution in [0.15, 0.2) is 42.7 Å². The second-order valence-electron chi connectivity index (χ2n) is 8.76. The number of anilines is 2. The van der Waals surface area contributed by atoms with Crippen molar-refractivity contribution >= 4 is 11.4 Å². The van der Waals surface area contributed by atoms with E-state index in [-0.39, 0.29) is 0 Å². The molecule has 2 aromatic rings. The largest absolute Gasteiger partial charge is 0.383 e. The van der Waals surface area contributed by atoms with Gasteiger partial charge >= 0.3 is 0 Å². The summed E-state index contributed by atoms with van der Waals surface area (Å²) in [5.41, 5.74) is 9.21. The van der Waals surface area contributed by atoms with Crippen molar-refractivity contribution in [3.8, 4) is 0 Å². The maximum atomic E-state index is 3.72. The maximum Gasteiger partial charge on any atom is 0.212 e. The van der Waals surface area contributed by atoms with Gasteiger partial charge in [0.2, 0.25) is 6.67 Å². The summed E-state index contributed by atoms with van der Waals surface area (Å²) in [6.07, 6.45) is 4.21. The van der Waals surface area contributed by atoms with Gasteiger partial charge in [-0.05, 0) is 54.9 Å². The van der Waals surface area contributed by atoms with E-state index in [2.05, 4.69) is 113 Å². The van der Waals surface area contributed by atoms with E-state index in [9.17, 15) is 0 Å². The van der Waals surface area contributed by atoms with Gasteiger partial charge in [0.1, 0.15) is 0 Å². The predicted octanol–water partition coefficient (Wildman–Crippen LogP) is 6.56. The molecular weight excluding hydrogens is 354 g/mol. The zero-order valence-corrected chi connectivity index (χ0v) is 19.0. The Kier molecular flexibility index (Phi) is 6.56. The van der Waals surface area contributed by atoms with E-state index in [0.717, 1.165) is 13.1 Å². The molecule has 0 fully saturated rings. The van der Waals surface area contributed by atoms with E-state index in [1.165, 1.54) is 39.2 Å². The van der Waals surface area contributed by atoms with Gasteiger partial charge in [-0.1, -0.05) is 63.6 Å². The van der Waals surface area contributed by atoms with Gasteiger partial charge < -0.3 is 15.1 Å². The summed E-state index contributed by atoms with van der Waals surface area (Å²) in [6.45, 7) is 20.8. The highest BCUT2D eigenvalue weighted by Gasteiger charge is 2.20. The first kappa shape index (κ1) is 21.3. The molecular formula is C26H35N3. The SMILES string of the molecule is Cc1cc(C)c(N2[C]N(CCNc3c(C(C)C)cccc3C(C)C)C=C2)c(C)c1. The average Bonchev–Trinajstić information content (AvgIpc) is 3.08. The van der Waals surface area contributed by atoms with Gasteiger partial charge in [-0.25, -0.2) is 0 Å². The van der Waals surface area contributed by atoms with E-state index < -0.39 is 0 Å². The fourth-order valence-electron chi connectivity index (χ4n) is 4.21. The Morgan fingerprint density at radius 3 is 2.03 bits per heavy atom. The molecule has 0 aromatic heterocycles. The van der Waals surface area contributed by atoms with Crippen LogP contribution in [-0.4, -0.2) is 18.0 Å². The number of hydrogen-bond donors (Lipinski definition) is 1. The van der Waals surface area contributed by atoms with Crippen LogP contribution < -0.4 is 10.2 Å². The minimum absolute atomic E-state index is 0.504. The van der Waals surface area contributed by atoms with Gasteiger partial charge in [0, 0.05) is 36.9 Å². The molecule has 154 valence electrons. The van der Waals surface area contributed by atoms with Crippen molar-refractivity contribution in [2.24, 2.45) is 0 Å². The van der Waals surface area contributed by atoms with E-state index in [4.69, 9.17) is 0 Å². The summed E-state index contributed by atoms with van der Waals surface area (Å²) >= 11 is 0. The van der Waals surface area contributed by atoms with E-state index in [1.54, 1.807) is 0 Å². The van der Waals surface area contributed by atoms with Crippen LogP contribution in [0.5, 0.6) is 0 Å². The first-order chi connectivity index (χ1) is 13.8. The van der Waals surface area contributed by atoms with Crippen LogP contribution in [0, 0.1) is 27.4 Å². The Morgan fingerprint density at radius 1 is 0.897 bits per heavy atom. The number of rotatable bonds is 7. The second kappa shape index (κ2) is 8.94. The van der Waals surface area contributed by atoms with Crippen LogP contribution in [-0.2, 0) is 0 Å². The standard InChI is InChI=1S/C26H35N3/c1-18(2)23-9-8-10-24(19(3)4)25(23)27-11-12-28-13-14-29(17-28)26-21(6)15-20(5)16-22(26)7/h8-10,13-16,18-19,27H,11-12H2,1-7H3. The van der Waals surface area contributed by atoms with E-state index in [0.29, 0.717) is 11.8 Å². The third-order valence-electron chi connectivity index (χ3n) is 5.54. The molecule has 0 bridgehead atoms. The van der Waals surface area contributed by atoms with Crippen molar-refractivity contribution < 1.29 is 0 Å². The van der Waals surface area contributed by atoms with Crippen molar-refractivity contribution in [1.82, 2.24) is 4.90 Å². The van der Waals surface area contributed by atoms with Crippen LogP contribution in [0.1, 0.15) is 67.3 Å². The zero-order valence-electron chi connectivity index (χ0n) is 19.0. The lowest BCUT2D eigenvalue weighted by Gasteiger charge is -2.24. The van der Waals surface area contributed by atoms with Gasteiger partial charge in [-0.2, -0.15) is 0 Å². The van der Waals surface area contributed by atoms with E-state index >= 15 is 0 Å². The molecule has 0 saturated carbocycles. The summed E-state index contributed by atoms with van der Waals surface area (Å²) < 4.78 is 0. The number of nitrogens with one attached hydrogen (secondary N) is 1. The number of aryl methyl sites for hydroxylation is 3. The summed E-state index contributed by atoms with van der Waals surface area (Å²) in [6, 6.07) is 11.1. The summed E-state index contributed by atoms with van der Waals surface area (Å²) in [7, 11) is 0. The molecule has 0 amide bonds. The fraction of sp³-hybridized carbons (Fsp3) is 0.423. The Labute approximate surface area is 177 Å². The third-order valence-corrected chi connectivity index (χ3v) is 5.54. The lowest BCUT2D eigenvalue weighted by atomic mass is 9.92. The molecule has 2 aromatic carbocycles. The highest BCUT2D eigenvalue weighted by Crippen LogP contribution is 2.33. The van der Waals surface area contributed by atoms with Crippen LogP contribution in [0.3, 0.4) is 0 Å². The monoisotopic (exact) mass is 389 g/mol. The Hall–Kier alpha value is -2.42. The minimum atomic E-state index is 0.504. The lowest BCUT2D eigenvalue weighted by Crippen LogP contribution is -2.25. The predicted molar refractivity (Wildman–Crippen MR) is 125 cm³/mol. The van der Waals surface area contributed by atoms with Crippen molar-refractivity contribution in [3.05, 3.63) is 77.2 Å². The molecule has 1 aliphatic rings. The zero-order chi connectivity index (χ0) is 21.1. The third kappa shape index (κ3) is 4.77. The van der Waals surface area contributed by atoms with Crippen molar-refractivity contribution in [2.45, 2.75) is 60.3 Å². The molecule has 1 heterocycles. The Morgan fingerprint density at radius 2 is 1.48 bits per heavy atom. The summed E-state index contributed by atoms with van der Waals surface area (Å²) in [5.74, 6) is 1.01. The van der Waals surface area contributed by atoms with Crippen molar-refractivity contribution in [3.63, 3.8) is 0 Å². The molecule has 0 unspecified atom stereocenters. The molecule has 1 N–H and O–H groups in total. The maximum absolute atomic E-state index is 3.72. The number of para-hydroxylation sites is 1. The average molecular weight is 390 g/mol. The highest BCUT2D eigenvalue weighted by atomic mass is 15.3.